The molecule has 0 atom stereocenters. The Kier molecular flexibility index (Phi) is 4.15. The van der Waals surface area contributed by atoms with Crippen molar-refractivity contribution in [2.45, 2.75) is 25.3 Å². The normalized spacial score (nSPS) is 16.3. The highest BCUT2D eigenvalue weighted by Gasteiger charge is 2.24. The van der Waals surface area contributed by atoms with E-state index in [1.165, 1.54) is 6.20 Å². The van der Waals surface area contributed by atoms with Crippen LogP contribution < -0.4 is 5.73 Å². The number of aromatic nitrogens is 4. The first-order valence-electron chi connectivity index (χ1n) is 8.47. The largest absolute Gasteiger partial charge is 0.365 e. The molecule has 4 heterocycles. The molecular weight excluding hydrogens is 316 g/mol. The summed E-state index contributed by atoms with van der Waals surface area (Å²) in [5, 5.41) is 4.33. The highest BCUT2D eigenvalue weighted by Crippen LogP contribution is 2.28. The second-order valence-electron chi connectivity index (χ2n) is 6.40. The molecule has 0 aliphatic carbocycles. The standard InChI is InChI=1S/C18H20N6O/c19-17(25)15-11-22-24-16(4-8-21-18(15)24)13-5-9-23(10-6-13)12-14-3-1-2-7-20-14/h1-4,7-8,11,13H,5-6,9-10,12H2,(H2,19,25). The molecule has 4 rings (SSSR count). The predicted molar refractivity (Wildman–Crippen MR) is 93.0 cm³/mol. The summed E-state index contributed by atoms with van der Waals surface area (Å²) in [5.74, 6) is -0.101. The fourth-order valence-corrected chi connectivity index (χ4v) is 3.50. The van der Waals surface area contributed by atoms with Gasteiger partial charge in [0, 0.05) is 30.6 Å². The van der Waals surface area contributed by atoms with Gasteiger partial charge in [0.25, 0.3) is 5.91 Å². The highest BCUT2D eigenvalue weighted by atomic mass is 16.1. The van der Waals surface area contributed by atoms with Crippen LogP contribution in [0.4, 0.5) is 0 Å². The number of nitrogens with two attached hydrogens (primary N) is 1. The van der Waals surface area contributed by atoms with E-state index in [9.17, 15) is 4.79 Å². The maximum absolute atomic E-state index is 11.5. The van der Waals surface area contributed by atoms with Crippen LogP contribution in [0, 0.1) is 0 Å². The summed E-state index contributed by atoms with van der Waals surface area (Å²) in [4.78, 5) is 22.6. The minimum absolute atomic E-state index is 0.370. The number of carbonyl (C=O) groups excluding carboxylic acids is 1. The van der Waals surface area contributed by atoms with E-state index in [4.69, 9.17) is 5.73 Å². The number of primary amides is 1. The molecule has 128 valence electrons. The molecule has 1 aliphatic heterocycles. The molecule has 3 aromatic rings. The van der Waals surface area contributed by atoms with Crippen LogP contribution in [0.25, 0.3) is 5.65 Å². The molecule has 0 spiro atoms. The third kappa shape index (κ3) is 3.10. The molecule has 1 saturated heterocycles. The van der Waals surface area contributed by atoms with E-state index >= 15 is 0 Å². The summed E-state index contributed by atoms with van der Waals surface area (Å²) in [6, 6.07) is 8.02. The second-order valence-corrected chi connectivity index (χ2v) is 6.40. The summed E-state index contributed by atoms with van der Waals surface area (Å²) in [5.41, 5.74) is 8.51. The van der Waals surface area contributed by atoms with Crippen molar-refractivity contribution in [1.82, 2.24) is 24.5 Å². The first kappa shape index (κ1) is 15.7. The third-order valence-corrected chi connectivity index (χ3v) is 4.81. The van der Waals surface area contributed by atoms with Gasteiger partial charge >= 0.3 is 0 Å². The Labute approximate surface area is 145 Å². The first-order chi connectivity index (χ1) is 12.2. The van der Waals surface area contributed by atoms with Gasteiger partial charge in [0.2, 0.25) is 0 Å². The summed E-state index contributed by atoms with van der Waals surface area (Å²) in [6.07, 6.45) is 7.16. The third-order valence-electron chi connectivity index (χ3n) is 4.81. The zero-order valence-corrected chi connectivity index (χ0v) is 13.9. The minimum Gasteiger partial charge on any atom is -0.365 e. The number of fused-ring (bicyclic) bond motifs is 1. The molecule has 0 aromatic carbocycles. The number of likely N-dealkylation sites (tertiary alicyclic amines) is 1. The van der Waals surface area contributed by atoms with Gasteiger partial charge in [-0.25, -0.2) is 9.50 Å². The van der Waals surface area contributed by atoms with Crippen molar-refractivity contribution >= 4 is 11.6 Å². The average molecular weight is 336 g/mol. The van der Waals surface area contributed by atoms with Crippen LogP contribution >= 0.6 is 0 Å². The molecule has 0 bridgehead atoms. The van der Waals surface area contributed by atoms with Gasteiger partial charge in [0.05, 0.1) is 11.9 Å². The van der Waals surface area contributed by atoms with E-state index in [1.54, 1.807) is 10.7 Å². The van der Waals surface area contributed by atoms with Crippen molar-refractivity contribution in [1.29, 1.82) is 0 Å². The fraction of sp³-hybridized carbons (Fsp3) is 0.333. The molecule has 1 fully saturated rings. The van der Waals surface area contributed by atoms with Crippen LogP contribution in [0.5, 0.6) is 0 Å². The lowest BCUT2D eigenvalue weighted by atomic mass is 9.93. The van der Waals surface area contributed by atoms with Crippen molar-refractivity contribution in [3.05, 3.63) is 59.8 Å². The van der Waals surface area contributed by atoms with Crippen molar-refractivity contribution in [2.24, 2.45) is 5.73 Å². The lowest BCUT2D eigenvalue weighted by Gasteiger charge is -2.31. The average Bonchev–Trinajstić information content (AvgIpc) is 3.08. The van der Waals surface area contributed by atoms with Crippen LogP contribution in [-0.2, 0) is 6.54 Å². The molecule has 7 nitrogen and oxygen atoms in total. The highest BCUT2D eigenvalue weighted by molar-refractivity contribution is 5.98. The van der Waals surface area contributed by atoms with Gasteiger partial charge in [0.15, 0.2) is 5.65 Å². The molecule has 0 unspecified atom stereocenters. The zero-order valence-electron chi connectivity index (χ0n) is 13.9. The van der Waals surface area contributed by atoms with E-state index < -0.39 is 5.91 Å². The Balaban J connectivity index is 1.49. The van der Waals surface area contributed by atoms with Gasteiger partial charge in [0.1, 0.15) is 5.56 Å². The van der Waals surface area contributed by atoms with Gasteiger partial charge in [-0.2, -0.15) is 5.10 Å². The van der Waals surface area contributed by atoms with Crippen molar-refractivity contribution in [3.63, 3.8) is 0 Å². The molecule has 0 radical (unpaired) electrons. The van der Waals surface area contributed by atoms with Crippen LogP contribution in [0.2, 0.25) is 0 Å². The van der Waals surface area contributed by atoms with Crippen LogP contribution in [-0.4, -0.2) is 43.5 Å². The SMILES string of the molecule is NC(=O)c1cnn2c(C3CCN(Cc4ccccn4)CC3)ccnc12. The number of piperidine rings is 1. The van der Waals surface area contributed by atoms with Gasteiger partial charge < -0.3 is 5.73 Å². The molecule has 25 heavy (non-hydrogen) atoms. The molecule has 1 aliphatic rings. The van der Waals surface area contributed by atoms with Crippen molar-refractivity contribution in [3.8, 4) is 0 Å². The smallest absolute Gasteiger partial charge is 0.254 e. The van der Waals surface area contributed by atoms with Gasteiger partial charge in [-0.1, -0.05) is 6.07 Å². The zero-order chi connectivity index (χ0) is 17.2. The summed E-state index contributed by atoms with van der Waals surface area (Å²) >= 11 is 0. The lowest BCUT2D eigenvalue weighted by Crippen LogP contribution is -2.33. The fourth-order valence-electron chi connectivity index (χ4n) is 3.50. The van der Waals surface area contributed by atoms with Crippen molar-refractivity contribution < 1.29 is 4.79 Å². The maximum atomic E-state index is 11.5. The number of carbonyl (C=O) groups is 1. The van der Waals surface area contributed by atoms with Crippen LogP contribution in [0.3, 0.4) is 0 Å². The van der Waals surface area contributed by atoms with E-state index in [2.05, 4.69) is 26.0 Å². The van der Waals surface area contributed by atoms with E-state index in [-0.39, 0.29) is 0 Å². The van der Waals surface area contributed by atoms with Crippen molar-refractivity contribution in [2.75, 3.05) is 13.1 Å². The van der Waals surface area contributed by atoms with Gasteiger partial charge in [-0.05, 0) is 44.1 Å². The van der Waals surface area contributed by atoms with E-state index in [1.807, 2.05) is 24.4 Å². The lowest BCUT2D eigenvalue weighted by molar-refractivity contribution is 0.100. The number of rotatable bonds is 4. The minimum atomic E-state index is -0.496. The predicted octanol–water partition coefficient (Wildman–Crippen LogP) is 1.60. The molecule has 3 aromatic heterocycles. The molecular formula is C18H20N6O. The number of nitrogens with zero attached hydrogens (tertiary/aromatic N) is 5. The summed E-state index contributed by atoms with van der Waals surface area (Å²) in [6.45, 7) is 2.90. The molecule has 7 heteroatoms. The number of amides is 1. The number of pyridine rings is 1. The van der Waals surface area contributed by atoms with E-state index in [0.717, 1.165) is 43.9 Å². The Morgan fingerprint density at radius 2 is 2.00 bits per heavy atom. The topological polar surface area (TPSA) is 89.4 Å². The quantitative estimate of drug-likeness (QED) is 0.782. The Morgan fingerprint density at radius 1 is 1.16 bits per heavy atom. The van der Waals surface area contributed by atoms with Gasteiger partial charge in [-0.15, -0.1) is 0 Å². The van der Waals surface area contributed by atoms with Crippen LogP contribution in [0.15, 0.2) is 42.9 Å². The van der Waals surface area contributed by atoms with Crippen LogP contribution in [0.1, 0.15) is 40.5 Å². The Morgan fingerprint density at radius 3 is 2.72 bits per heavy atom. The summed E-state index contributed by atoms with van der Waals surface area (Å²) in [7, 11) is 0. The number of hydrogen-bond donors (Lipinski definition) is 1. The molecule has 2 N–H and O–H groups in total. The van der Waals surface area contributed by atoms with E-state index in [0.29, 0.717) is 17.1 Å². The monoisotopic (exact) mass is 336 g/mol. The first-order valence-corrected chi connectivity index (χ1v) is 8.47. The maximum Gasteiger partial charge on any atom is 0.254 e. The Bertz CT molecular complexity index is 883. The summed E-state index contributed by atoms with van der Waals surface area (Å²) < 4.78 is 1.76. The molecule has 1 amide bonds. The number of hydrogen-bond acceptors (Lipinski definition) is 5. The molecule has 0 saturated carbocycles. The Hall–Kier alpha value is -2.80. The van der Waals surface area contributed by atoms with Gasteiger partial charge in [-0.3, -0.25) is 14.7 Å². The second kappa shape index (κ2) is 6.60.